The topological polar surface area (TPSA) is 40.2 Å². The number of hydrogen-bond donors (Lipinski definition) is 0. The average molecular weight is 328 g/mol. The lowest BCUT2D eigenvalue weighted by molar-refractivity contribution is 0.0511. The number of epoxide rings is 1. The van der Waals surface area contributed by atoms with Crippen LogP contribution in [0, 0.1) is 0 Å². The van der Waals surface area contributed by atoms with E-state index in [0.717, 1.165) is 18.1 Å². The molecule has 0 aliphatic carbocycles. The van der Waals surface area contributed by atoms with E-state index in [1.807, 2.05) is 24.3 Å². The molecule has 24 heavy (non-hydrogen) atoms. The fourth-order valence-corrected chi connectivity index (χ4v) is 2.58. The van der Waals surface area contributed by atoms with Crippen molar-refractivity contribution < 1.29 is 18.9 Å². The Kier molecular flexibility index (Phi) is 5.07. The monoisotopic (exact) mass is 328 g/mol. The minimum Gasteiger partial charge on any atom is -0.491 e. The van der Waals surface area contributed by atoms with E-state index >= 15 is 0 Å². The number of hydrogen-bond acceptors (Lipinski definition) is 4. The Labute approximate surface area is 143 Å². The van der Waals surface area contributed by atoms with Gasteiger partial charge >= 0.3 is 0 Å². The van der Waals surface area contributed by atoms with E-state index in [-0.39, 0.29) is 18.3 Å². The second-order valence-corrected chi connectivity index (χ2v) is 6.49. The van der Waals surface area contributed by atoms with Crippen molar-refractivity contribution in [3.05, 3.63) is 59.7 Å². The maximum Gasteiger partial charge on any atom is 0.188 e. The summed E-state index contributed by atoms with van der Waals surface area (Å²) >= 11 is 0. The molecule has 0 spiro atoms. The standard InChI is InChI=1S/C20H24O4/c1-20(2,16-6-10-18(11-7-16)24-14-21-3)15-4-8-17(9-5-15)22-12-19-13-23-19/h4-11,19H,12-14H2,1-3H3. The molecule has 0 saturated carbocycles. The highest BCUT2D eigenvalue weighted by atomic mass is 16.7. The first-order valence-electron chi connectivity index (χ1n) is 8.17. The Bertz CT molecular complexity index is 642. The second kappa shape index (κ2) is 7.24. The second-order valence-electron chi connectivity index (χ2n) is 6.49. The van der Waals surface area contributed by atoms with Crippen LogP contribution in [-0.2, 0) is 14.9 Å². The first-order valence-corrected chi connectivity index (χ1v) is 8.17. The van der Waals surface area contributed by atoms with Crippen molar-refractivity contribution in [2.24, 2.45) is 0 Å². The van der Waals surface area contributed by atoms with Crippen molar-refractivity contribution >= 4 is 0 Å². The van der Waals surface area contributed by atoms with Crippen LogP contribution in [0.1, 0.15) is 25.0 Å². The third-order valence-electron chi connectivity index (χ3n) is 4.33. The van der Waals surface area contributed by atoms with E-state index in [1.54, 1.807) is 7.11 Å². The van der Waals surface area contributed by atoms with E-state index in [1.165, 1.54) is 11.1 Å². The van der Waals surface area contributed by atoms with E-state index in [4.69, 9.17) is 18.9 Å². The fourth-order valence-electron chi connectivity index (χ4n) is 2.58. The average Bonchev–Trinajstić information content (AvgIpc) is 3.43. The normalized spacial score (nSPS) is 16.7. The van der Waals surface area contributed by atoms with Crippen LogP contribution in [0.25, 0.3) is 0 Å². The van der Waals surface area contributed by atoms with Gasteiger partial charge < -0.3 is 18.9 Å². The first-order chi connectivity index (χ1) is 11.6. The van der Waals surface area contributed by atoms with Crippen molar-refractivity contribution in [1.82, 2.24) is 0 Å². The van der Waals surface area contributed by atoms with Crippen LogP contribution in [0.2, 0.25) is 0 Å². The molecular formula is C20H24O4. The maximum atomic E-state index is 5.70. The lowest BCUT2D eigenvalue weighted by Crippen LogP contribution is -2.18. The Hall–Kier alpha value is -2.04. The smallest absolute Gasteiger partial charge is 0.188 e. The molecule has 1 fully saturated rings. The van der Waals surface area contributed by atoms with Gasteiger partial charge in [0, 0.05) is 12.5 Å². The highest BCUT2D eigenvalue weighted by Crippen LogP contribution is 2.33. The molecule has 0 N–H and O–H groups in total. The van der Waals surface area contributed by atoms with Crippen molar-refractivity contribution in [2.75, 3.05) is 27.1 Å². The molecule has 4 nitrogen and oxygen atoms in total. The lowest BCUT2D eigenvalue weighted by Gasteiger charge is -2.26. The molecule has 0 radical (unpaired) electrons. The predicted molar refractivity (Wildman–Crippen MR) is 92.8 cm³/mol. The quantitative estimate of drug-likeness (QED) is 0.546. The van der Waals surface area contributed by atoms with Gasteiger partial charge in [0.25, 0.3) is 0 Å². The molecule has 1 saturated heterocycles. The van der Waals surface area contributed by atoms with E-state index in [0.29, 0.717) is 6.61 Å². The number of benzene rings is 2. The molecule has 0 amide bonds. The Morgan fingerprint density at radius 2 is 1.42 bits per heavy atom. The van der Waals surface area contributed by atoms with Crippen molar-refractivity contribution in [3.8, 4) is 11.5 Å². The number of methoxy groups -OCH3 is 1. The van der Waals surface area contributed by atoms with Crippen LogP contribution >= 0.6 is 0 Å². The summed E-state index contributed by atoms with van der Waals surface area (Å²) in [5.41, 5.74) is 2.37. The highest BCUT2D eigenvalue weighted by Gasteiger charge is 2.24. The highest BCUT2D eigenvalue weighted by molar-refractivity contribution is 5.41. The van der Waals surface area contributed by atoms with Crippen LogP contribution < -0.4 is 9.47 Å². The zero-order chi connectivity index (χ0) is 17.0. The van der Waals surface area contributed by atoms with Gasteiger partial charge in [-0.25, -0.2) is 0 Å². The molecule has 1 unspecified atom stereocenters. The zero-order valence-corrected chi connectivity index (χ0v) is 14.5. The lowest BCUT2D eigenvalue weighted by atomic mass is 9.78. The fraction of sp³-hybridized carbons (Fsp3) is 0.400. The van der Waals surface area contributed by atoms with Gasteiger partial charge in [-0.1, -0.05) is 38.1 Å². The maximum absolute atomic E-state index is 5.70. The zero-order valence-electron chi connectivity index (χ0n) is 14.5. The SMILES string of the molecule is COCOc1ccc(C(C)(C)c2ccc(OCC3CO3)cc2)cc1. The van der Waals surface area contributed by atoms with E-state index in [2.05, 4.69) is 38.1 Å². The van der Waals surface area contributed by atoms with Crippen LogP contribution in [0.4, 0.5) is 0 Å². The summed E-state index contributed by atoms with van der Waals surface area (Å²) in [7, 11) is 1.61. The van der Waals surface area contributed by atoms with Crippen molar-refractivity contribution in [2.45, 2.75) is 25.4 Å². The Morgan fingerprint density at radius 1 is 0.917 bits per heavy atom. The summed E-state index contributed by atoms with van der Waals surface area (Å²) in [4.78, 5) is 0. The van der Waals surface area contributed by atoms with Gasteiger partial charge in [0.05, 0.1) is 6.61 Å². The summed E-state index contributed by atoms with van der Waals surface area (Å²) in [6.07, 6.45) is 0.278. The molecule has 2 aromatic rings. The van der Waals surface area contributed by atoms with E-state index in [9.17, 15) is 0 Å². The van der Waals surface area contributed by atoms with Crippen molar-refractivity contribution in [3.63, 3.8) is 0 Å². The van der Waals surface area contributed by atoms with Gasteiger partial charge in [-0.2, -0.15) is 0 Å². The first kappa shape index (κ1) is 16.8. The summed E-state index contributed by atoms with van der Waals surface area (Å²) in [5, 5.41) is 0. The predicted octanol–water partition coefficient (Wildman–Crippen LogP) is 3.77. The molecule has 2 aromatic carbocycles. The molecule has 1 heterocycles. The van der Waals surface area contributed by atoms with Gasteiger partial charge in [0.15, 0.2) is 6.79 Å². The van der Waals surface area contributed by atoms with Crippen LogP contribution in [0.5, 0.6) is 11.5 Å². The molecule has 128 valence electrons. The summed E-state index contributed by atoms with van der Waals surface area (Å²) in [6.45, 7) is 6.13. The molecule has 1 atom stereocenters. The summed E-state index contributed by atoms with van der Waals surface area (Å²) in [5.74, 6) is 1.69. The molecule has 0 aromatic heterocycles. The molecule has 0 bridgehead atoms. The molecule has 4 heteroatoms. The van der Waals surface area contributed by atoms with Gasteiger partial charge in [-0.05, 0) is 35.4 Å². The van der Waals surface area contributed by atoms with E-state index < -0.39 is 0 Å². The largest absolute Gasteiger partial charge is 0.491 e. The molecule has 1 aliphatic rings. The van der Waals surface area contributed by atoms with Gasteiger partial charge in [0.1, 0.15) is 24.2 Å². The number of ether oxygens (including phenoxy) is 4. The van der Waals surface area contributed by atoms with Gasteiger partial charge in [-0.3, -0.25) is 0 Å². The van der Waals surface area contributed by atoms with Gasteiger partial charge in [0.2, 0.25) is 0 Å². The summed E-state index contributed by atoms with van der Waals surface area (Å²) < 4.78 is 21.2. The third-order valence-corrected chi connectivity index (χ3v) is 4.33. The van der Waals surface area contributed by atoms with Crippen LogP contribution in [0.15, 0.2) is 48.5 Å². The van der Waals surface area contributed by atoms with Crippen molar-refractivity contribution in [1.29, 1.82) is 0 Å². The van der Waals surface area contributed by atoms with Crippen LogP contribution in [0.3, 0.4) is 0 Å². The van der Waals surface area contributed by atoms with Gasteiger partial charge in [-0.15, -0.1) is 0 Å². The summed E-state index contributed by atoms with van der Waals surface area (Å²) in [6, 6.07) is 16.4. The van der Waals surface area contributed by atoms with Crippen LogP contribution in [-0.4, -0.2) is 33.2 Å². The Morgan fingerprint density at radius 3 is 1.88 bits per heavy atom. The number of rotatable bonds is 8. The Balaban J connectivity index is 1.68. The molecule has 1 aliphatic heterocycles. The molecular weight excluding hydrogens is 304 g/mol. The minimum atomic E-state index is -0.0993. The minimum absolute atomic E-state index is 0.0993. The third kappa shape index (κ3) is 4.08. The molecule has 3 rings (SSSR count).